The van der Waals surface area contributed by atoms with Crippen molar-refractivity contribution in [1.82, 2.24) is 20.3 Å². The van der Waals surface area contributed by atoms with E-state index in [2.05, 4.69) is 15.6 Å². The lowest BCUT2D eigenvalue weighted by molar-refractivity contribution is 0.0954. The minimum absolute atomic E-state index is 0.130. The zero-order chi connectivity index (χ0) is 15.4. The molecule has 2 heterocycles. The average molecular weight is 316 g/mol. The maximum absolute atomic E-state index is 13.1. The summed E-state index contributed by atoms with van der Waals surface area (Å²) in [5.74, 6) is -0.407. The molecule has 0 aliphatic rings. The predicted molar refractivity (Wildman–Crippen MR) is 81.0 cm³/mol. The standard InChI is InChI=1S/C15H13FN4OS/c16-12-4-1-3-11(7-12)9-20-10-13(18-19-20)8-17-15(21)14-5-2-6-22-14/h1-7,10H,8-9H2,(H,17,21). The molecule has 3 aromatic rings. The second kappa shape index (κ2) is 6.48. The molecule has 2 aromatic heterocycles. The van der Waals surface area contributed by atoms with Crippen molar-refractivity contribution < 1.29 is 9.18 Å². The molecule has 22 heavy (non-hydrogen) atoms. The zero-order valence-corrected chi connectivity index (χ0v) is 12.4. The number of nitrogens with one attached hydrogen (secondary N) is 1. The molecule has 5 nitrogen and oxygen atoms in total. The Labute approximate surface area is 130 Å². The second-order valence-electron chi connectivity index (χ2n) is 4.70. The molecule has 1 N–H and O–H groups in total. The molecule has 0 spiro atoms. The van der Waals surface area contributed by atoms with Gasteiger partial charge in [0.2, 0.25) is 0 Å². The smallest absolute Gasteiger partial charge is 0.261 e. The highest BCUT2D eigenvalue weighted by Crippen LogP contribution is 2.08. The maximum atomic E-state index is 13.1. The highest BCUT2D eigenvalue weighted by molar-refractivity contribution is 7.12. The number of rotatable bonds is 5. The molecule has 0 radical (unpaired) electrons. The van der Waals surface area contributed by atoms with E-state index in [1.807, 2.05) is 17.5 Å². The zero-order valence-electron chi connectivity index (χ0n) is 11.6. The lowest BCUT2D eigenvalue weighted by Crippen LogP contribution is -2.21. The summed E-state index contributed by atoms with van der Waals surface area (Å²) in [6.07, 6.45) is 1.74. The van der Waals surface area contributed by atoms with Gasteiger partial charge in [-0.05, 0) is 29.1 Å². The van der Waals surface area contributed by atoms with Crippen LogP contribution in [0.5, 0.6) is 0 Å². The van der Waals surface area contributed by atoms with Crippen LogP contribution < -0.4 is 5.32 Å². The van der Waals surface area contributed by atoms with E-state index < -0.39 is 0 Å². The van der Waals surface area contributed by atoms with E-state index in [4.69, 9.17) is 0 Å². The van der Waals surface area contributed by atoms with Crippen molar-refractivity contribution in [3.8, 4) is 0 Å². The van der Waals surface area contributed by atoms with Crippen LogP contribution in [0.25, 0.3) is 0 Å². The number of thiophene rings is 1. The Morgan fingerprint density at radius 3 is 3.00 bits per heavy atom. The third-order valence-corrected chi connectivity index (χ3v) is 3.86. The molecule has 0 saturated carbocycles. The summed E-state index contributed by atoms with van der Waals surface area (Å²) in [4.78, 5) is 12.5. The summed E-state index contributed by atoms with van der Waals surface area (Å²) in [6.45, 7) is 0.740. The van der Waals surface area contributed by atoms with Gasteiger partial charge in [-0.25, -0.2) is 9.07 Å². The molecular formula is C15H13FN4OS. The quantitative estimate of drug-likeness (QED) is 0.786. The van der Waals surface area contributed by atoms with Gasteiger partial charge in [-0.1, -0.05) is 23.4 Å². The number of benzene rings is 1. The van der Waals surface area contributed by atoms with Gasteiger partial charge >= 0.3 is 0 Å². The van der Waals surface area contributed by atoms with E-state index in [1.165, 1.54) is 23.5 Å². The maximum Gasteiger partial charge on any atom is 0.261 e. The molecule has 112 valence electrons. The first-order valence-corrected chi connectivity index (χ1v) is 7.54. The minimum Gasteiger partial charge on any atom is -0.346 e. The molecule has 0 bridgehead atoms. The van der Waals surface area contributed by atoms with Gasteiger partial charge in [0.1, 0.15) is 11.5 Å². The summed E-state index contributed by atoms with van der Waals surface area (Å²) in [5, 5.41) is 12.6. The average Bonchev–Trinajstić information content (AvgIpc) is 3.16. The number of carbonyl (C=O) groups excluding carboxylic acids is 1. The highest BCUT2D eigenvalue weighted by atomic mass is 32.1. The molecule has 0 saturated heterocycles. The molecule has 0 aliphatic heterocycles. The first-order valence-electron chi connectivity index (χ1n) is 6.66. The van der Waals surface area contributed by atoms with Crippen molar-refractivity contribution in [2.45, 2.75) is 13.1 Å². The van der Waals surface area contributed by atoms with E-state index in [1.54, 1.807) is 23.0 Å². The third-order valence-electron chi connectivity index (χ3n) is 2.99. The number of carbonyl (C=O) groups is 1. The van der Waals surface area contributed by atoms with Gasteiger partial charge in [-0.2, -0.15) is 0 Å². The van der Waals surface area contributed by atoms with Crippen LogP contribution in [0.1, 0.15) is 20.9 Å². The normalized spacial score (nSPS) is 10.6. The van der Waals surface area contributed by atoms with Gasteiger partial charge in [0.05, 0.1) is 24.2 Å². The summed E-state index contributed by atoms with van der Waals surface area (Å²) in [7, 11) is 0. The van der Waals surface area contributed by atoms with Gasteiger partial charge in [0, 0.05) is 0 Å². The third kappa shape index (κ3) is 3.56. The van der Waals surface area contributed by atoms with Crippen LogP contribution in [0.15, 0.2) is 48.0 Å². The number of hydrogen-bond donors (Lipinski definition) is 1. The fourth-order valence-corrected chi connectivity index (χ4v) is 2.62. The lowest BCUT2D eigenvalue weighted by Gasteiger charge is -2.01. The largest absolute Gasteiger partial charge is 0.346 e. The van der Waals surface area contributed by atoms with Gasteiger partial charge in [0.15, 0.2) is 0 Å². The topological polar surface area (TPSA) is 59.8 Å². The molecule has 0 aliphatic carbocycles. The lowest BCUT2D eigenvalue weighted by atomic mass is 10.2. The van der Waals surface area contributed by atoms with Crippen LogP contribution in [0.4, 0.5) is 4.39 Å². The van der Waals surface area contributed by atoms with Crippen molar-refractivity contribution in [3.05, 3.63) is 69.9 Å². The fraction of sp³-hybridized carbons (Fsp3) is 0.133. The van der Waals surface area contributed by atoms with Crippen molar-refractivity contribution in [2.24, 2.45) is 0 Å². The van der Waals surface area contributed by atoms with Gasteiger partial charge in [-0.3, -0.25) is 4.79 Å². The SMILES string of the molecule is O=C(NCc1cn(Cc2cccc(F)c2)nn1)c1cccs1. The van der Waals surface area contributed by atoms with Gasteiger partial charge in [-0.15, -0.1) is 16.4 Å². The summed E-state index contributed by atoms with van der Waals surface area (Å²) in [5.41, 5.74) is 1.46. The fourth-order valence-electron chi connectivity index (χ4n) is 1.98. The van der Waals surface area contributed by atoms with Gasteiger partial charge < -0.3 is 5.32 Å². The van der Waals surface area contributed by atoms with Crippen LogP contribution in [-0.4, -0.2) is 20.9 Å². The molecule has 1 amide bonds. The molecule has 7 heteroatoms. The van der Waals surface area contributed by atoms with Crippen LogP contribution in [0, 0.1) is 5.82 Å². The number of halogens is 1. The molecule has 0 atom stereocenters. The van der Waals surface area contributed by atoms with Crippen LogP contribution in [-0.2, 0) is 13.1 Å². The Balaban J connectivity index is 1.58. The monoisotopic (exact) mass is 316 g/mol. The number of amides is 1. The summed E-state index contributed by atoms with van der Waals surface area (Å²) < 4.78 is 14.7. The number of hydrogen-bond acceptors (Lipinski definition) is 4. The summed E-state index contributed by atoms with van der Waals surface area (Å²) in [6, 6.07) is 9.93. The van der Waals surface area contributed by atoms with Crippen molar-refractivity contribution in [3.63, 3.8) is 0 Å². The highest BCUT2D eigenvalue weighted by Gasteiger charge is 2.08. The van der Waals surface area contributed by atoms with Crippen LogP contribution in [0.3, 0.4) is 0 Å². The minimum atomic E-state index is -0.277. The van der Waals surface area contributed by atoms with E-state index in [-0.39, 0.29) is 11.7 Å². The van der Waals surface area contributed by atoms with Crippen molar-refractivity contribution in [2.75, 3.05) is 0 Å². The van der Waals surface area contributed by atoms with Crippen LogP contribution >= 0.6 is 11.3 Å². The van der Waals surface area contributed by atoms with Crippen molar-refractivity contribution in [1.29, 1.82) is 0 Å². The van der Waals surface area contributed by atoms with Crippen molar-refractivity contribution >= 4 is 17.2 Å². The predicted octanol–water partition coefficient (Wildman–Crippen LogP) is 2.46. The molecule has 3 rings (SSSR count). The molecule has 0 fully saturated rings. The first-order chi connectivity index (χ1) is 10.7. The Bertz CT molecular complexity index is 769. The molecule has 0 unspecified atom stereocenters. The Hall–Kier alpha value is -2.54. The van der Waals surface area contributed by atoms with E-state index >= 15 is 0 Å². The Morgan fingerprint density at radius 1 is 1.32 bits per heavy atom. The first kappa shape index (κ1) is 14.4. The number of aromatic nitrogens is 3. The number of nitrogens with zero attached hydrogens (tertiary/aromatic N) is 3. The van der Waals surface area contributed by atoms with Crippen LogP contribution in [0.2, 0.25) is 0 Å². The van der Waals surface area contributed by atoms with E-state index in [0.29, 0.717) is 23.7 Å². The Kier molecular flexibility index (Phi) is 4.24. The molecule has 1 aromatic carbocycles. The van der Waals surface area contributed by atoms with Gasteiger partial charge in [0.25, 0.3) is 5.91 Å². The van der Waals surface area contributed by atoms with E-state index in [9.17, 15) is 9.18 Å². The Morgan fingerprint density at radius 2 is 2.23 bits per heavy atom. The van der Waals surface area contributed by atoms with E-state index in [0.717, 1.165) is 5.56 Å². The summed E-state index contributed by atoms with van der Waals surface area (Å²) >= 11 is 1.39. The second-order valence-corrected chi connectivity index (χ2v) is 5.65. The molecular weight excluding hydrogens is 303 g/mol.